The van der Waals surface area contributed by atoms with Gasteiger partial charge in [0.15, 0.2) is 0 Å². The molecule has 0 aliphatic carbocycles. The molecule has 0 spiro atoms. The maximum Gasteiger partial charge on any atom is 0.263 e. The summed E-state index contributed by atoms with van der Waals surface area (Å²) in [6.45, 7) is 1.59. The van der Waals surface area contributed by atoms with Crippen LogP contribution in [0.3, 0.4) is 0 Å². The first-order valence-corrected chi connectivity index (χ1v) is 10.9. The maximum absolute atomic E-state index is 13.1. The van der Waals surface area contributed by atoms with Crippen LogP contribution < -0.4 is 0 Å². The first-order chi connectivity index (χ1) is 13.7. The van der Waals surface area contributed by atoms with Crippen molar-refractivity contribution in [3.05, 3.63) is 71.1 Å². The van der Waals surface area contributed by atoms with Gasteiger partial charge >= 0.3 is 0 Å². The predicted octanol–water partition coefficient (Wildman–Crippen LogP) is 5.14. The zero-order valence-electron chi connectivity index (χ0n) is 16.1. The van der Waals surface area contributed by atoms with Crippen molar-refractivity contribution >= 4 is 27.3 Å². The zero-order chi connectivity index (χ0) is 19.4. The third kappa shape index (κ3) is 4.13. The molecule has 1 amide bonds. The van der Waals surface area contributed by atoms with Crippen molar-refractivity contribution in [2.45, 2.75) is 32.1 Å². The number of fused-ring (bicyclic) bond motifs is 1. The van der Waals surface area contributed by atoms with Crippen molar-refractivity contribution in [2.75, 3.05) is 19.7 Å². The van der Waals surface area contributed by atoms with Gasteiger partial charge in [-0.05, 0) is 55.2 Å². The molecule has 28 heavy (non-hydrogen) atoms. The van der Waals surface area contributed by atoms with E-state index in [2.05, 4.69) is 36.4 Å². The second-order valence-electron chi connectivity index (χ2n) is 7.98. The monoisotopic (exact) mass is 393 g/mol. The highest BCUT2D eigenvalue weighted by Gasteiger charge is 2.36. The van der Waals surface area contributed by atoms with Gasteiger partial charge in [0.2, 0.25) is 0 Å². The van der Waals surface area contributed by atoms with E-state index in [1.54, 1.807) is 11.3 Å². The average molecular weight is 394 g/mol. The first kappa shape index (κ1) is 19.2. The van der Waals surface area contributed by atoms with E-state index in [0.717, 1.165) is 53.6 Å². The summed E-state index contributed by atoms with van der Waals surface area (Å²) in [5.74, 6) is 0.113. The summed E-state index contributed by atoms with van der Waals surface area (Å²) >= 11 is 1.57. The number of aliphatic hydroxyl groups is 1. The SMILES string of the molecule is O=C(c1cc2ccccc2s1)N1CCCC(CO)(CCCc2ccccc2)C1. The Kier molecular flexibility index (Phi) is 5.79. The third-order valence-corrected chi connectivity index (χ3v) is 7.04. The van der Waals surface area contributed by atoms with Crippen LogP contribution in [0, 0.1) is 5.41 Å². The Morgan fingerprint density at radius 2 is 1.89 bits per heavy atom. The Labute approximate surface area is 170 Å². The summed E-state index contributed by atoms with van der Waals surface area (Å²) in [4.78, 5) is 15.9. The summed E-state index contributed by atoms with van der Waals surface area (Å²) < 4.78 is 1.15. The van der Waals surface area contributed by atoms with Gasteiger partial charge in [0.25, 0.3) is 5.91 Å². The van der Waals surface area contributed by atoms with Gasteiger partial charge < -0.3 is 10.0 Å². The lowest BCUT2D eigenvalue weighted by molar-refractivity contribution is 0.0219. The van der Waals surface area contributed by atoms with E-state index < -0.39 is 0 Å². The average Bonchev–Trinajstić information content (AvgIpc) is 3.18. The lowest BCUT2D eigenvalue weighted by Crippen LogP contribution is -2.47. The van der Waals surface area contributed by atoms with Crippen LogP contribution in [0.2, 0.25) is 0 Å². The highest BCUT2D eigenvalue weighted by Crippen LogP contribution is 2.36. The van der Waals surface area contributed by atoms with E-state index in [9.17, 15) is 9.90 Å². The van der Waals surface area contributed by atoms with Crippen LogP contribution in [-0.2, 0) is 6.42 Å². The second-order valence-corrected chi connectivity index (χ2v) is 9.06. The quantitative estimate of drug-likeness (QED) is 0.630. The van der Waals surface area contributed by atoms with Gasteiger partial charge in [-0.3, -0.25) is 4.79 Å². The van der Waals surface area contributed by atoms with E-state index in [1.165, 1.54) is 5.56 Å². The lowest BCUT2D eigenvalue weighted by Gasteiger charge is -2.42. The van der Waals surface area contributed by atoms with E-state index in [1.807, 2.05) is 29.2 Å². The molecule has 2 heterocycles. The summed E-state index contributed by atoms with van der Waals surface area (Å²) in [5.41, 5.74) is 1.17. The fourth-order valence-electron chi connectivity index (χ4n) is 4.35. The minimum atomic E-state index is -0.167. The van der Waals surface area contributed by atoms with Crippen molar-refractivity contribution in [3.63, 3.8) is 0 Å². The van der Waals surface area contributed by atoms with Gasteiger partial charge in [0.1, 0.15) is 0 Å². The Bertz CT molecular complexity index is 903. The predicted molar refractivity (Wildman–Crippen MR) is 116 cm³/mol. The Balaban J connectivity index is 1.43. The summed E-state index contributed by atoms with van der Waals surface area (Å²) in [5, 5.41) is 11.3. The number of aliphatic hydroxyl groups excluding tert-OH is 1. The molecule has 1 unspecified atom stereocenters. The molecule has 4 heteroatoms. The molecule has 1 aliphatic heterocycles. The number of carbonyl (C=O) groups is 1. The van der Waals surface area contributed by atoms with Crippen LogP contribution in [-0.4, -0.2) is 35.6 Å². The Hall–Kier alpha value is -2.17. The molecule has 0 saturated carbocycles. The Morgan fingerprint density at radius 3 is 2.68 bits per heavy atom. The molecule has 2 aromatic carbocycles. The molecule has 1 atom stereocenters. The van der Waals surface area contributed by atoms with E-state index in [-0.39, 0.29) is 17.9 Å². The standard InChI is InChI=1S/C24H27NO2S/c26-18-24(13-6-10-19-8-2-1-3-9-19)14-7-15-25(17-24)23(27)22-16-20-11-4-5-12-21(20)28-22/h1-5,8-9,11-12,16,26H,6-7,10,13-15,17-18H2. The smallest absolute Gasteiger partial charge is 0.263 e. The third-order valence-electron chi connectivity index (χ3n) is 5.94. The molecule has 1 aromatic heterocycles. The van der Waals surface area contributed by atoms with Crippen molar-refractivity contribution in [2.24, 2.45) is 5.41 Å². The number of benzene rings is 2. The highest BCUT2D eigenvalue weighted by molar-refractivity contribution is 7.20. The van der Waals surface area contributed by atoms with Crippen molar-refractivity contribution < 1.29 is 9.90 Å². The van der Waals surface area contributed by atoms with Crippen LogP contribution in [0.1, 0.15) is 40.9 Å². The van der Waals surface area contributed by atoms with Gasteiger partial charge in [0, 0.05) is 23.2 Å². The number of piperidine rings is 1. The van der Waals surface area contributed by atoms with Crippen LogP contribution >= 0.6 is 11.3 Å². The number of hydrogen-bond donors (Lipinski definition) is 1. The van der Waals surface area contributed by atoms with Crippen molar-refractivity contribution in [1.82, 2.24) is 4.90 Å². The topological polar surface area (TPSA) is 40.5 Å². The largest absolute Gasteiger partial charge is 0.396 e. The molecule has 1 fully saturated rings. The first-order valence-electron chi connectivity index (χ1n) is 10.1. The molecule has 1 saturated heterocycles. The van der Waals surface area contributed by atoms with Crippen molar-refractivity contribution in [3.8, 4) is 0 Å². The molecule has 1 N–H and O–H groups in total. The zero-order valence-corrected chi connectivity index (χ0v) is 17.0. The fourth-order valence-corrected chi connectivity index (χ4v) is 5.38. The number of nitrogens with zero attached hydrogens (tertiary/aromatic N) is 1. The minimum absolute atomic E-state index is 0.113. The van der Waals surface area contributed by atoms with Crippen LogP contribution in [0.25, 0.3) is 10.1 Å². The molecular formula is C24H27NO2S. The summed E-state index contributed by atoms with van der Waals surface area (Å²) in [7, 11) is 0. The van der Waals surface area contributed by atoms with Gasteiger partial charge in [-0.15, -0.1) is 11.3 Å². The molecule has 0 bridgehead atoms. The molecule has 3 aromatic rings. The number of amides is 1. The minimum Gasteiger partial charge on any atom is -0.396 e. The molecule has 0 radical (unpaired) electrons. The molecule has 3 nitrogen and oxygen atoms in total. The number of thiophene rings is 1. The molecular weight excluding hydrogens is 366 g/mol. The molecule has 4 rings (SSSR count). The van der Waals surface area contributed by atoms with Gasteiger partial charge in [-0.2, -0.15) is 0 Å². The number of hydrogen-bond acceptors (Lipinski definition) is 3. The van der Waals surface area contributed by atoms with E-state index >= 15 is 0 Å². The normalized spacial score (nSPS) is 19.8. The van der Waals surface area contributed by atoms with Crippen LogP contribution in [0.4, 0.5) is 0 Å². The molecule has 146 valence electrons. The van der Waals surface area contributed by atoms with Crippen LogP contribution in [0.15, 0.2) is 60.7 Å². The van der Waals surface area contributed by atoms with Crippen molar-refractivity contribution in [1.29, 1.82) is 0 Å². The number of rotatable bonds is 6. The number of carbonyl (C=O) groups excluding carboxylic acids is 1. The van der Waals surface area contributed by atoms with Gasteiger partial charge in [0.05, 0.1) is 11.5 Å². The summed E-state index contributed by atoms with van der Waals surface area (Å²) in [6.07, 6.45) is 4.97. The second kappa shape index (κ2) is 8.46. The van der Waals surface area contributed by atoms with E-state index in [0.29, 0.717) is 6.54 Å². The summed E-state index contributed by atoms with van der Waals surface area (Å²) in [6, 6.07) is 20.6. The maximum atomic E-state index is 13.1. The van der Waals surface area contributed by atoms with E-state index in [4.69, 9.17) is 0 Å². The number of aryl methyl sites for hydroxylation is 1. The highest BCUT2D eigenvalue weighted by atomic mass is 32.1. The number of likely N-dealkylation sites (tertiary alicyclic amines) is 1. The van der Waals surface area contributed by atoms with Gasteiger partial charge in [-0.1, -0.05) is 48.5 Å². The fraction of sp³-hybridized carbons (Fsp3) is 0.375. The van der Waals surface area contributed by atoms with Gasteiger partial charge in [-0.25, -0.2) is 0 Å². The molecule has 1 aliphatic rings. The van der Waals surface area contributed by atoms with Crippen LogP contribution in [0.5, 0.6) is 0 Å². The Morgan fingerprint density at radius 1 is 1.11 bits per heavy atom. The lowest BCUT2D eigenvalue weighted by atomic mass is 9.76.